The summed E-state index contributed by atoms with van der Waals surface area (Å²) in [6.45, 7) is 1.05. The first kappa shape index (κ1) is 18.4. The molecule has 0 radical (unpaired) electrons. The number of nitrogens with two attached hydrogens (primary N) is 1. The molecule has 0 saturated heterocycles. The highest BCUT2D eigenvalue weighted by atomic mass is 79.9. The molecular weight excluding hydrogens is 384 g/mol. The highest BCUT2D eigenvalue weighted by Crippen LogP contribution is 2.28. The van der Waals surface area contributed by atoms with E-state index in [9.17, 15) is 13.2 Å². The maximum absolute atomic E-state index is 12.0. The number of nitrogens with one attached hydrogen (secondary N) is 1. The highest BCUT2D eigenvalue weighted by molar-refractivity contribution is 9.10. The summed E-state index contributed by atoms with van der Waals surface area (Å²) < 4.78 is 28.2. The van der Waals surface area contributed by atoms with E-state index >= 15 is 0 Å². The molecule has 3 N–H and O–H groups in total. The SMILES string of the molecule is COCCCCNC(=O)c1cc(Br)cc(S(N)(=O)=O)c1Cl. The van der Waals surface area contributed by atoms with Gasteiger partial charge >= 0.3 is 0 Å². The van der Waals surface area contributed by atoms with E-state index < -0.39 is 15.9 Å². The Hall–Kier alpha value is -0.670. The third-order valence-electron chi connectivity index (χ3n) is 2.62. The normalized spacial score (nSPS) is 11.4. The third kappa shape index (κ3) is 5.55. The summed E-state index contributed by atoms with van der Waals surface area (Å²) in [6, 6.07) is 2.70. The number of halogens is 2. The summed E-state index contributed by atoms with van der Waals surface area (Å²) in [5, 5.41) is 7.56. The van der Waals surface area contributed by atoms with Crippen molar-refractivity contribution in [2.45, 2.75) is 17.7 Å². The molecule has 6 nitrogen and oxygen atoms in total. The Bertz CT molecular complexity index is 622. The third-order valence-corrected chi connectivity index (χ3v) is 4.53. The van der Waals surface area contributed by atoms with Crippen molar-refractivity contribution in [2.75, 3.05) is 20.3 Å². The van der Waals surface area contributed by atoms with E-state index in [-0.39, 0.29) is 15.5 Å². The smallest absolute Gasteiger partial charge is 0.252 e. The van der Waals surface area contributed by atoms with E-state index in [0.29, 0.717) is 17.6 Å². The van der Waals surface area contributed by atoms with E-state index in [4.69, 9.17) is 21.5 Å². The van der Waals surface area contributed by atoms with E-state index in [2.05, 4.69) is 21.2 Å². The molecule has 1 aromatic carbocycles. The quantitative estimate of drug-likeness (QED) is 0.684. The Labute approximate surface area is 137 Å². The zero-order chi connectivity index (χ0) is 16.0. The van der Waals surface area contributed by atoms with Gasteiger partial charge in [-0.1, -0.05) is 27.5 Å². The van der Waals surface area contributed by atoms with E-state index in [0.717, 1.165) is 12.8 Å². The number of benzene rings is 1. The molecule has 0 bridgehead atoms. The molecule has 1 amide bonds. The van der Waals surface area contributed by atoms with Gasteiger partial charge in [-0.2, -0.15) is 0 Å². The van der Waals surface area contributed by atoms with Gasteiger partial charge in [-0.25, -0.2) is 13.6 Å². The number of hydrogen-bond donors (Lipinski definition) is 2. The average molecular weight is 400 g/mol. The van der Waals surface area contributed by atoms with Gasteiger partial charge < -0.3 is 10.1 Å². The summed E-state index contributed by atoms with van der Waals surface area (Å²) in [5.74, 6) is -0.455. The van der Waals surface area contributed by atoms with Gasteiger partial charge in [0.2, 0.25) is 10.0 Å². The van der Waals surface area contributed by atoms with Gasteiger partial charge in [0.25, 0.3) is 5.91 Å². The van der Waals surface area contributed by atoms with E-state index in [1.807, 2.05) is 0 Å². The van der Waals surface area contributed by atoms with E-state index in [1.165, 1.54) is 12.1 Å². The van der Waals surface area contributed by atoms with Crippen LogP contribution in [0.2, 0.25) is 5.02 Å². The van der Waals surface area contributed by atoms with Crippen LogP contribution >= 0.6 is 27.5 Å². The van der Waals surface area contributed by atoms with Crippen LogP contribution in [0.1, 0.15) is 23.2 Å². The summed E-state index contributed by atoms with van der Waals surface area (Å²) in [5.41, 5.74) is 0.0572. The maximum Gasteiger partial charge on any atom is 0.252 e. The number of ether oxygens (including phenoxy) is 1. The number of rotatable bonds is 7. The minimum Gasteiger partial charge on any atom is -0.385 e. The molecular formula is C12H16BrClN2O4S. The molecule has 0 aliphatic rings. The standard InChI is InChI=1S/C12H16BrClN2O4S/c1-20-5-3-2-4-16-12(17)9-6-8(13)7-10(11(9)14)21(15,18)19/h6-7H,2-5H2,1H3,(H,16,17)(H2,15,18,19). The van der Waals surface area contributed by atoms with Gasteiger partial charge in [-0.3, -0.25) is 4.79 Å². The van der Waals surface area contributed by atoms with Crippen molar-refractivity contribution < 1.29 is 17.9 Å². The fourth-order valence-electron chi connectivity index (χ4n) is 1.61. The lowest BCUT2D eigenvalue weighted by atomic mass is 10.2. The van der Waals surface area contributed by atoms with E-state index in [1.54, 1.807) is 7.11 Å². The summed E-state index contributed by atoms with van der Waals surface area (Å²) in [4.78, 5) is 11.8. The fraction of sp³-hybridized carbons (Fsp3) is 0.417. The molecule has 1 aromatic rings. The number of carbonyl (C=O) groups excluding carboxylic acids is 1. The van der Waals surface area contributed by atoms with Gasteiger partial charge in [-0.15, -0.1) is 0 Å². The molecule has 0 saturated carbocycles. The summed E-state index contributed by atoms with van der Waals surface area (Å²) >= 11 is 9.10. The average Bonchev–Trinajstić information content (AvgIpc) is 2.39. The molecule has 0 aliphatic heterocycles. The Morgan fingerprint density at radius 3 is 2.67 bits per heavy atom. The van der Waals surface area contributed by atoms with Crippen LogP contribution in [-0.2, 0) is 14.8 Å². The lowest BCUT2D eigenvalue weighted by Crippen LogP contribution is -2.25. The number of sulfonamides is 1. The second kappa shape index (κ2) is 8.09. The minimum absolute atomic E-state index is 0.0572. The number of amides is 1. The Morgan fingerprint density at radius 2 is 2.10 bits per heavy atom. The Kier molecular flexibility index (Phi) is 7.08. The van der Waals surface area contributed by atoms with Crippen LogP contribution in [0.3, 0.4) is 0 Å². The van der Waals surface area contributed by atoms with Gasteiger partial charge in [0.1, 0.15) is 4.90 Å². The number of carbonyl (C=O) groups is 1. The monoisotopic (exact) mass is 398 g/mol. The van der Waals surface area contributed by atoms with Crippen molar-refractivity contribution in [2.24, 2.45) is 5.14 Å². The zero-order valence-corrected chi connectivity index (χ0v) is 14.5. The molecule has 118 valence electrons. The maximum atomic E-state index is 12.0. The molecule has 0 fully saturated rings. The second-order valence-electron chi connectivity index (χ2n) is 4.27. The molecule has 1 rings (SSSR count). The second-order valence-corrected chi connectivity index (χ2v) is 7.09. The van der Waals surface area contributed by atoms with Crippen LogP contribution < -0.4 is 10.5 Å². The lowest BCUT2D eigenvalue weighted by molar-refractivity contribution is 0.0951. The largest absolute Gasteiger partial charge is 0.385 e. The molecule has 0 spiro atoms. The molecule has 9 heteroatoms. The number of hydrogen-bond acceptors (Lipinski definition) is 4. The number of methoxy groups -OCH3 is 1. The van der Waals surface area contributed by atoms with Crippen LogP contribution in [0.4, 0.5) is 0 Å². The minimum atomic E-state index is -4.00. The number of unbranched alkanes of at least 4 members (excludes halogenated alkanes) is 1. The molecule has 0 atom stereocenters. The van der Waals surface area contributed by atoms with Gasteiger partial charge in [0.15, 0.2) is 0 Å². The fourth-order valence-corrected chi connectivity index (χ4v) is 3.38. The van der Waals surface area contributed by atoms with Crippen molar-refractivity contribution in [3.63, 3.8) is 0 Å². The van der Waals surface area contributed by atoms with Gasteiger partial charge in [-0.05, 0) is 25.0 Å². The lowest BCUT2D eigenvalue weighted by Gasteiger charge is -2.10. The summed E-state index contributed by atoms with van der Waals surface area (Å²) in [7, 11) is -2.40. The van der Waals surface area contributed by atoms with Crippen LogP contribution in [0.25, 0.3) is 0 Å². The van der Waals surface area contributed by atoms with Crippen molar-refractivity contribution in [3.8, 4) is 0 Å². The Balaban J connectivity index is 2.88. The van der Waals surface area contributed by atoms with Crippen molar-refractivity contribution >= 4 is 43.5 Å². The van der Waals surface area contributed by atoms with Gasteiger partial charge in [0.05, 0.1) is 10.6 Å². The predicted molar refractivity (Wildman–Crippen MR) is 84.0 cm³/mol. The zero-order valence-electron chi connectivity index (χ0n) is 11.4. The molecule has 21 heavy (non-hydrogen) atoms. The van der Waals surface area contributed by atoms with Crippen molar-refractivity contribution in [1.82, 2.24) is 5.32 Å². The molecule has 0 aromatic heterocycles. The molecule has 0 heterocycles. The van der Waals surface area contributed by atoms with Crippen LogP contribution in [0.15, 0.2) is 21.5 Å². The first-order valence-electron chi connectivity index (χ1n) is 6.06. The first-order chi connectivity index (χ1) is 9.77. The topological polar surface area (TPSA) is 98.5 Å². The molecule has 0 unspecified atom stereocenters. The molecule has 0 aliphatic carbocycles. The van der Waals surface area contributed by atoms with Crippen molar-refractivity contribution in [1.29, 1.82) is 0 Å². The Morgan fingerprint density at radius 1 is 1.43 bits per heavy atom. The predicted octanol–water partition coefficient (Wildman–Crippen LogP) is 1.91. The highest BCUT2D eigenvalue weighted by Gasteiger charge is 2.20. The first-order valence-corrected chi connectivity index (χ1v) is 8.78. The van der Waals surface area contributed by atoms with Gasteiger partial charge in [0, 0.05) is 24.7 Å². The van der Waals surface area contributed by atoms with Crippen LogP contribution in [0.5, 0.6) is 0 Å². The summed E-state index contributed by atoms with van der Waals surface area (Å²) in [6.07, 6.45) is 1.55. The van der Waals surface area contributed by atoms with Crippen LogP contribution in [0, 0.1) is 0 Å². The van der Waals surface area contributed by atoms with Crippen LogP contribution in [-0.4, -0.2) is 34.6 Å². The van der Waals surface area contributed by atoms with Crippen molar-refractivity contribution in [3.05, 3.63) is 27.2 Å². The number of primary sulfonamides is 1.